The van der Waals surface area contributed by atoms with E-state index in [-0.39, 0.29) is 36.0 Å². The molecule has 0 bridgehead atoms. The van der Waals surface area contributed by atoms with E-state index in [0.717, 1.165) is 11.1 Å². The fourth-order valence-corrected chi connectivity index (χ4v) is 4.38. The molecule has 0 saturated carbocycles. The highest BCUT2D eigenvalue weighted by molar-refractivity contribution is 5.79. The van der Waals surface area contributed by atoms with Gasteiger partial charge in [0.2, 0.25) is 5.91 Å². The highest BCUT2D eigenvalue weighted by Crippen LogP contribution is 2.20. The molecule has 0 spiro atoms. The molecule has 2 unspecified atom stereocenters. The number of pyridine rings is 1. The van der Waals surface area contributed by atoms with Gasteiger partial charge in [-0.05, 0) is 43.5 Å². The number of rotatable bonds is 11. The van der Waals surface area contributed by atoms with Crippen LogP contribution in [-0.4, -0.2) is 97.3 Å². The minimum Gasteiger partial charge on any atom is -0.506 e. The zero-order chi connectivity index (χ0) is 26.3. The van der Waals surface area contributed by atoms with E-state index in [2.05, 4.69) is 10.3 Å². The Balaban J connectivity index is 1.53. The molecule has 2 aromatic rings. The van der Waals surface area contributed by atoms with Crippen LogP contribution in [0.4, 0.5) is 0 Å². The molecule has 36 heavy (non-hydrogen) atoms. The van der Waals surface area contributed by atoms with Crippen molar-refractivity contribution >= 4 is 5.91 Å². The van der Waals surface area contributed by atoms with Gasteiger partial charge in [0.05, 0.1) is 25.3 Å². The Kier molecular flexibility index (Phi) is 9.77. The fourth-order valence-electron chi connectivity index (χ4n) is 4.38. The van der Waals surface area contributed by atoms with E-state index < -0.39 is 18.9 Å². The van der Waals surface area contributed by atoms with Crippen LogP contribution < -0.4 is 5.32 Å². The van der Waals surface area contributed by atoms with Crippen molar-refractivity contribution in [1.29, 1.82) is 0 Å². The van der Waals surface area contributed by atoms with E-state index in [1.807, 2.05) is 38.1 Å². The average Bonchev–Trinajstić information content (AvgIpc) is 2.87. The van der Waals surface area contributed by atoms with Gasteiger partial charge in [0.1, 0.15) is 23.8 Å². The number of carbonyl (C=O) groups is 1. The quantitative estimate of drug-likeness (QED) is 0.248. The average molecular weight is 503 g/mol. The third-order valence-electron chi connectivity index (χ3n) is 6.48. The second kappa shape index (κ2) is 12.6. The number of aliphatic hydroxyl groups is 4. The molecule has 1 saturated heterocycles. The summed E-state index contributed by atoms with van der Waals surface area (Å²) in [5.74, 6) is -0.0719. The second-order valence-electron chi connectivity index (χ2n) is 9.89. The molecule has 0 aliphatic carbocycles. The van der Waals surface area contributed by atoms with Gasteiger partial charge in [-0.25, -0.2) is 4.98 Å². The number of piperazine rings is 1. The van der Waals surface area contributed by atoms with E-state index in [4.69, 9.17) is 5.11 Å². The van der Waals surface area contributed by atoms with E-state index in [1.54, 1.807) is 9.80 Å². The molecule has 1 fully saturated rings. The van der Waals surface area contributed by atoms with Crippen molar-refractivity contribution in [2.24, 2.45) is 0 Å². The lowest BCUT2D eigenvalue weighted by Crippen LogP contribution is -2.53. The first-order valence-corrected chi connectivity index (χ1v) is 12.2. The number of aromatic hydroxyl groups is 1. The number of amides is 1. The third-order valence-corrected chi connectivity index (χ3v) is 6.48. The molecular formula is C26H38N4O6. The monoisotopic (exact) mass is 502 g/mol. The number of hydrogen-bond donors (Lipinski definition) is 6. The summed E-state index contributed by atoms with van der Waals surface area (Å²) in [6.45, 7) is 5.67. The van der Waals surface area contributed by atoms with Gasteiger partial charge in [0.15, 0.2) is 0 Å². The summed E-state index contributed by atoms with van der Waals surface area (Å²) in [5.41, 5.74) is 2.13. The van der Waals surface area contributed by atoms with Crippen molar-refractivity contribution in [3.05, 3.63) is 58.9 Å². The molecule has 3 rings (SSSR count). The number of nitrogens with one attached hydrogen (secondary N) is 1. The number of aromatic nitrogens is 1. The molecule has 1 aliphatic rings. The van der Waals surface area contributed by atoms with Gasteiger partial charge < -0.3 is 35.7 Å². The van der Waals surface area contributed by atoms with Crippen molar-refractivity contribution in [3.63, 3.8) is 0 Å². The zero-order valence-corrected chi connectivity index (χ0v) is 21.0. The molecule has 0 radical (unpaired) electrons. The second-order valence-corrected chi connectivity index (χ2v) is 9.89. The summed E-state index contributed by atoms with van der Waals surface area (Å²) in [7, 11) is 0. The lowest BCUT2D eigenvalue weighted by Gasteiger charge is -2.36. The topological polar surface area (TPSA) is 150 Å². The van der Waals surface area contributed by atoms with Gasteiger partial charge in [-0.2, -0.15) is 0 Å². The first-order chi connectivity index (χ1) is 17.1. The van der Waals surface area contributed by atoms with Crippen molar-refractivity contribution in [3.8, 4) is 5.75 Å². The van der Waals surface area contributed by atoms with Crippen molar-refractivity contribution in [2.75, 3.05) is 39.3 Å². The Morgan fingerprint density at radius 2 is 1.78 bits per heavy atom. The van der Waals surface area contributed by atoms with Gasteiger partial charge in [-0.3, -0.25) is 9.69 Å². The number of hydrogen-bond acceptors (Lipinski definition) is 9. The van der Waals surface area contributed by atoms with Crippen LogP contribution in [-0.2, 0) is 24.2 Å². The van der Waals surface area contributed by atoms with Gasteiger partial charge in [0.25, 0.3) is 0 Å². The van der Waals surface area contributed by atoms with Crippen LogP contribution in [0.1, 0.15) is 42.5 Å². The van der Waals surface area contributed by atoms with Crippen LogP contribution in [0.2, 0.25) is 0 Å². The summed E-state index contributed by atoms with van der Waals surface area (Å²) >= 11 is 0. The molecule has 198 valence electrons. The maximum Gasteiger partial charge on any atom is 0.227 e. The summed E-state index contributed by atoms with van der Waals surface area (Å²) in [5, 5.41) is 51.7. The minimum absolute atomic E-state index is 0.0365. The lowest BCUT2D eigenvalue weighted by atomic mass is 9.93. The number of aliphatic hydroxyl groups excluding tert-OH is 4. The first-order valence-electron chi connectivity index (χ1n) is 12.2. The summed E-state index contributed by atoms with van der Waals surface area (Å²) < 4.78 is 0. The number of β-amino-alcohol motifs (C(OH)–C–C–N with tert-alkyl or cyclic N) is 1. The smallest absolute Gasteiger partial charge is 0.227 e. The van der Waals surface area contributed by atoms with Crippen LogP contribution in [0.3, 0.4) is 0 Å². The number of benzene rings is 1. The van der Waals surface area contributed by atoms with E-state index in [1.165, 1.54) is 12.1 Å². The van der Waals surface area contributed by atoms with Gasteiger partial charge in [0, 0.05) is 38.3 Å². The predicted molar refractivity (Wildman–Crippen MR) is 134 cm³/mol. The molecule has 2 atom stereocenters. The Morgan fingerprint density at radius 3 is 2.44 bits per heavy atom. The molecule has 10 heteroatoms. The molecule has 2 heterocycles. The van der Waals surface area contributed by atoms with Crippen LogP contribution in [0.25, 0.3) is 0 Å². The van der Waals surface area contributed by atoms with Crippen molar-refractivity contribution in [2.45, 2.75) is 51.2 Å². The number of carbonyl (C=O) groups excluding carboxylic acids is 1. The molecular weight excluding hydrogens is 464 g/mol. The number of nitrogens with zero attached hydrogens (tertiary/aromatic N) is 3. The normalized spacial score (nSPS) is 16.7. The Bertz CT molecular complexity index is 1010. The molecule has 6 N–H and O–H groups in total. The van der Waals surface area contributed by atoms with Gasteiger partial charge in [-0.1, -0.05) is 24.3 Å². The molecule has 1 aromatic carbocycles. The van der Waals surface area contributed by atoms with Crippen LogP contribution in [0.15, 0.2) is 36.4 Å². The third kappa shape index (κ3) is 7.70. The zero-order valence-electron chi connectivity index (χ0n) is 21.0. The maximum absolute atomic E-state index is 12.8. The predicted octanol–water partition coefficient (Wildman–Crippen LogP) is -0.0788. The molecule has 1 aliphatic heterocycles. The van der Waals surface area contributed by atoms with E-state index in [0.29, 0.717) is 44.7 Å². The van der Waals surface area contributed by atoms with E-state index >= 15 is 0 Å². The largest absolute Gasteiger partial charge is 0.506 e. The standard InChI is InChI=1S/C26H38N4O6/c1-26(2,27-15-23(34)20-6-7-22(33)21(16-31)28-20)14-19-5-3-4-18(12-19)13-24(35)29-8-10-30(11-9-29)25(36)17-32/h3-7,12,23,25,27,31-34,36H,8-11,13-17H2,1-2H3. The Hall–Kier alpha value is -2.60. The van der Waals surface area contributed by atoms with Crippen LogP contribution in [0, 0.1) is 0 Å². The Morgan fingerprint density at radius 1 is 1.08 bits per heavy atom. The Labute approximate surface area is 211 Å². The van der Waals surface area contributed by atoms with Crippen LogP contribution in [0.5, 0.6) is 5.75 Å². The molecule has 1 aromatic heterocycles. The summed E-state index contributed by atoms with van der Waals surface area (Å²) in [6, 6.07) is 10.9. The minimum atomic E-state index is -0.905. The van der Waals surface area contributed by atoms with Crippen LogP contribution >= 0.6 is 0 Å². The highest BCUT2D eigenvalue weighted by atomic mass is 16.3. The maximum atomic E-state index is 12.8. The summed E-state index contributed by atoms with van der Waals surface area (Å²) in [4.78, 5) is 20.5. The van der Waals surface area contributed by atoms with E-state index in [9.17, 15) is 25.2 Å². The fraction of sp³-hybridized carbons (Fsp3) is 0.538. The lowest BCUT2D eigenvalue weighted by molar-refractivity contribution is -0.134. The molecule has 10 nitrogen and oxygen atoms in total. The van der Waals surface area contributed by atoms with Gasteiger partial charge in [-0.15, -0.1) is 0 Å². The SMILES string of the molecule is CC(C)(Cc1cccc(CC(=O)N2CCN(C(O)CO)CC2)c1)NCC(O)c1ccc(O)c(CO)n1. The molecule has 1 amide bonds. The van der Waals surface area contributed by atoms with Crippen molar-refractivity contribution in [1.82, 2.24) is 20.1 Å². The summed E-state index contributed by atoms with van der Waals surface area (Å²) in [6.07, 6.45) is -0.821. The van der Waals surface area contributed by atoms with Crippen molar-refractivity contribution < 1.29 is 30.3 Å². The van der Waals surface area contributed by atoms with Gasteiger partial charge >= 0.3 is 0 Å². The first kappa shape index (κ1) is 28.0. The highest BCUT2D eigenvalue weighted by Gasteiger charge is 2.25.